The fraction of sp³-hybridized carbons (Fsp3) is 0.0968. The molecule has 3 nitrogen and oxygen atoms in total. The molecule has 34 heavy (non-hydrogen) atoms. The Balaban J connectivity index is 1.51. The number of rotatable bonds is 1. The third kappa shape index (κ3) is 2.08. The Kier molecular flexibility index (Phi) is 3.22. The molecule has 4 aromatic heterocycles. The maximum absolute atomic E-state index is 4.89. The van der Waals surface area contributed by atoms with E-state index in [2.05, 4.69) is 97.1 Å². The van der Waals surface area contributed by atoms with E-state index in [-0.39, 0.29) is 5.41 Å². The average Bonchev–Trinajstić information content (AvgIpc) is 3.46. The zero-order chi connectivity index (χ0) is 22.6. The minimum atomic E-state index is -0.212. The monoisotopic (exact) mass is 435 g/mol. The molecule has 3 aromatic carbocycles. The highest BCUT2D eigenvalue weighted by atomic mass is 15.0. The molecule has 0 spiro atoms. The zero-order valence-corrected chi connectivity index (χ0v) is 19.0. The van der Waals surface area contributed by atoms with Gasteiger partial charge in [-0.2, -0.15) is 0 Å². The van der Waals surface area contributed by atoms with E-state index in [9.17, 15) is 0 Å². The molecule has 1 aliphatic rings. The first-order valence-corrected chi connectivity index (χ1v) is 11.8. The molecule has 1 aliphatic carbocycles. The third-order valence-corrected chi connectivity index (χ3v) is 7.76. The van der Waals surface area contributed by atoms with Crippen molar-refractivity contribution in [3.05, 3.63) is 102 Å². The first kappa shape index (κ1) is 18.2. The molecule has 0 bridgehead atoms. The van der Waals surface area contributed by atoms with Gasteiger partial charge in [-0.05, 0) is 52.1 Å². The molecule has 0 aliphatic heterocycles. The topological polar surface area (TPSA) is 30.2 Å². The van der Waals surface area contributed by atoms with E-state index < -0.39 is 0 Å². The number of allylic oxidation sites excluding steroid dienone is 1. The lowest BCUT2D eigenvalue weighted by molar-refractivity contribution is 0.671. The quantitative estimate of drug-likeness (QED) is 0.266. The van der Waals surface area contributed by atoms with Crippen LogP contribution in [-0.4, -0.2) is 14.4 Å². The summed E-state index contributed by atoms with van der Waals surface area (Å²) in [5.74, 6) is 0. The standard InChI is InChI=1S/C31H21N3/c1-31(2)25(27-21-10-6-5-7-18(21)11-13-32-27)17-23-22-12-14-33-28-24-15-19-8-3-4-9-20(19)16-26(24)34(29(22)28)30(23)31/h3-17H,1-2H3. The van der Waals surface area contributed by atoms with Gasteiger partial charge in [-0.15, -0.1) is 0 Å². The Bertz CT molecular complexity index is 1980. The van der Waals surface area contributed by atoms with Crippen molar-refractivity contribution in [1.29, 1.82) is 0 Å². The number of aromatic nitrogens is 3. The van der Waals surface area contributed by atoms with Gasteiger partial charge in [0.25, 0.3) is 0 Å². The molecule has 3 heteroatoms. The highest BCUT2D eigenvalue weighted by Gasteiger charge is 2.40. The van der Waals surface area contributed by atoms with Crippen molar-refractivity contribution in [1.82, 2.24) is 14.4 Å². The lowest BCUT2D eigenvalue weighted by Gasteiger charge is -2.25. The summed E-state index contributed by atoms with van der Waals surface area (Å²) in [6.45, 7) is 4.67. The van der Waals surface area contributed by atoms with E-state index >= 15 is 0 Å². The van der Waals surface area contributed by atoms with E-state index in [0.717, 1.165) is 11.2 Å². The summed E-state index contributed by atoms with van der Waals surface area (Å²) >= 11 is 0. The summed E-state index contributed by atoms with van der Waals surface area (Å²) in [5, 5.41) is 7.41. The van der Waals surface area contributed by atoms with Gasteiger partial charge < -0.3 is 4.40 Å². The van der Waals surface area contributed by atoms with Crippen LogP contribution in [0.3, 0.4) is 0 Å². The Morgan fingerprint density at radius 2 is 1.44 bits per heavy atom. The van der Waals surface area contributed by atoms with Crippen LogP contribution in [0.4, 0.5) is 0 Å². The minimum absolute atomic E-state index is 0.212. The molecule has 0 saturated heterocycles. The van der Waals surface area contributed by atoms with Crippen LogP contribution in [0.15, 0.2) is 85.2 Å². The first-order valence-electron chi connectivity index (χ1n) is 11.8. The molecule has 0 amide bonds. The Morgan fingerprint density at radius 3 is 2.29 bits per heavy atom. The highest BCUT2D eigenvalue weighted by molar-refractivity contribution is 6.19. The van der Waals surface area contributed by atoms with Crippen LogP contribution in [-0.2, 0) is 5.41 Å². The fourth-order valence-corrected chi connectivity index (χ4v) is 6.21. The lowest BCUT2D eigenvalue weighted by Crippen LogP contribution is -2.19. The Labute approximate surface area is 196 Å². The van der Waals surface area contributed by atoms with E-state index in [1.807, 2.05) is 12.4 Å². The van der Waals surface area contributed by atoms with Crippen molar-refractivity contribution < 1.29 is 0 Å². The van der Waals surface area contributed by atoms with Gasteiger partial charge in [-0.1, -0.05) is 62.4 Å². The lowest BCUT2D eigenvalue weighted by atomic mass is 9.82. The maximum atomic E-state index is 4.89. The average molecular weight is 436 g/mol. The smallest absolute Gasteiger partial charge is 0.0970 e. The van der Waals surface area contributed by atoms with E-state index in [0.29, 0.717) is 0 Å². The van der Waals surface area contributed by atoms with Gasteiger partial charge in [0.15, 0.2) is 0 Å². The second-order valence-electron chi connectivity index (χ2n) is 9.93. The molecule has 0 atom stereocenters. The van der Waals surface area contributed by atoms with Crippen molar-refractivity contribution in [2.45, 2.75) is 19.3 Å². The second-order valence-corrected chi connectivity index (χ2v) is 9.93. The molecule has 0 saturated carbocycles. The number of fused-ring (bicyclic) bond motifs is 8. The van der Waals surface area contributed by atoms with Gasteiger partial charge in [0, 0.05) is 45.2 Å². The SMILES string of the molecule is CC1(C)C(c2nccc3ccccc23)=Cc2c1n1c3cc4ccccc4cc3c3nccc2c31. The highest BCUT2D eigenvalue weighted by Crippen LogP contribution is 2.52. The third-order valence-electron chi connectivity index (χ3n) is 7.76. The molecule has 0 radical (unpaired) electrons. The normalized spacial score (nSPS) is 15.2. The number of benzene rings is 3. The number of nitrogens with zero attached hydrogens (tertiary/aromatic N) is 3. The molecular formula is C31H21N3. The summed E-state index contributed by atoms with van der Waals surface area (Å²) in [6.07, 6.45) is 6.27. The number of hydrogen-bond acceptors (Lipinski definition) is 2. The summed E-state index contributed by atoms with van der Waals surface area (Å²) in [7, 11) is 0. The molecule has 7 aromatic rings. The van der Waals surface area contributed by atoms with Crippen LogP contribution < -0.4 is 0 Å². The van der Waals surface area contributed by atoms with Crippen molar-refractivity contribution in [2.24, 2.45) is 0 Å². The van der Waals surface area contributed by atoms with Crippen LogP contribution in [0.2, 0.25) is 0 Å². The molecular weight excluding hydrogens is 414 g/mol. The van der Waals surface area contributed by atoms with E-state index in [1.54, 1.807) is 0 Å². The van der Waals surface area contributed by atoms with Gasteiger partial charge >= 0.3 is 0 Å². The van der Waals surface area contributed by atoms with Crippen molar-refractivity contribution >= 4 is 60.5 Å². The van der Waals surface area contributed by atoms with E-state index in [1.165, 1.54) is 60.2 Å². The van der Waals surface area contributed by atoms with Crippen molar-refractivity contribution in [2.75, 3.05) is 0 Å². The summed E-state index contributed by atoms with van der Waals surface area (Å²) in [4.78, 5) is 9.74. The maximum Gasteiger partial charge on any atom is 0.0970 e. The van der Waals surface area contributed by atoms with Crippen LogP contribution in [0, 0.1) is 0 Å². The predicted octanol–water partition coefficient (Wildman–Crippen LogP) is 7.61. The largest absolute Gasteiger partial charge is 0.309 e. The van der Waals surface area contributed by atoms with Gasteiger partial charge in [-0.3, -0.25) is 9.97 Å². The van der Waals surface area contributed by atoms with Crippen LogP contribution >= 0.6 is 0 Å². The molecule has 0 fully saturated rings. The van der Waals surface area contributed by atoms with Gasteiger partial charge in [-0.25, -0.2) is 0 Å². The van der Waals surface area contributed by atoms with Gasteiger partial charge in [0.05, 0.1) is 22.2 Å². The summed E-state index contributed by atoms with van der Waals surface area (Å²) < 4.78 is 2.48. The second kappa shape index (κ2) is 6.00. The first-order chi connectivity index (χ1) is 16.6. The minimum Gasteiger partial charge on any atom is -0.309 e. The number of hydrogen-bond donors (Lipinski definition) is 0. The summed E-state index contributed by atoms with van der Waals surface area (Å²) in [5.41, 5.74) is 8.30. The van der Waals surface area contributed by atoms with E-state index in [4.69, 9.17) is 9.97 Å². The molecule has 8 rings (SSSR count). The summed E-state index contributed by atoms with van der Waals surface area (Å²) in [6, 6.07) is 26.0. The predicted molar refractivity (Wildman–Crippen MR) is 142 cm³/mol. The van der Waals surface area contributed by atoms with Crippen LogP contribution in [0.25, 0.3) is 60.5 Å². The van der Waals surface area contributed by atoms with Gasteiger partial charge in [0.2, 0.25) is 0 Å². The van der Waals surface area contributed by atoms with Crippen LogP contribution in [0.1, 0.15) is 30.8 Å². The molecule has 160 valence electrons. The molecule has 4 heterocycles. The Morgan fingerprint density at radius 1 is 0.706 bits per heavy atom. The fourth-order valence-electron chi connectivity index (χ4n) is 6.21. The van der Waals surface area contributed by atoms with Gasteiger partial charge in [0.1, 0.15) is 0 Å². The number of pyridine rings is 2. The van der Waals surface area contributed by atoms with Crippen molar-refractivity contribution in [3.63, 3.8) is 0 Å². The Hall–Kier alpha value is -4.24. The molecule has 0 unspecified atom stereocenters. The zero-order valence-electron chi connectivity index (χ0n) is 19.0. The van der Waals surface area contributed by atoms with Crippen molar-refractivity contribution in [3.8, 4) is 0 Å². The molecule has 0 N–H and O–H groups in total. The van der Waals surface area contributed by atoms with Crippen LogP contribution in [0.5, 0.6) is 0 Å².